The van der Waals surface area contributed by atoms with E-state index in [1.54, 1.807) is 0 Å². The van der Waals surface area contributed by atoms with Gasteiger partial charge in [-0.3, -0.25) is 9.80 Å². The normalized spacial score (nSPS) is 24.3. The van der Waals surface area contributed by atoms with Crippen LogP contribution in [0.3, 0.4) is 0 Å². The number of carbonyl (C=O) groups excluding carboxylic acids is 1. The third-order valence-corrected chi connectivity index (χ3v) is 5.95. The molecule has 0 aromatic heterocycles. The van der Waals surface area contributed by atoms with Crippen LogP contribution in [0.5, 0.6) is 5.75 Å². The second-order valence-corrected chi connectivity index (χ2v) is 7.84. The zero-order chi connectivity index (χ0) is 18.3. The van der Waals surface area contributed by atoms with Gasteiger partial charge in [0.2, 0.25) is 0 Å². The molecule has 140 valence electrons. The molecule has 1 unspecified atom stereocenters. The monoisotopic (exact) mass is 364 g/mol. The first kappa shape index (κ1) is 16.6. The highest BCUT2D eigenvalue weighted by Crippen LogP contribution is 2.33. The van der Waals surface area contributed by atoms with Gasteiger partial charge in [-0.1, -0.05) is 42.5 Å². The average molecular weight is 364 g/mol. The molecule has 1 amide bonds. The number of hydrogen-bond acceptors (Lipinski definition) is 4. The second kappa shape index (κ2) is 6.57. The molecule has 0 radical (unpaired) electrons. The van der Waals surface area contributed by atoms with Gasteiger partial charge in [0.1, 0.15) is 12.4 Å². The number of fused-ring (bicyclic) bond motifs is 2. The molecule has 5 nitrogen and oxygen atoms in total. The van der Waals surface area contributed by atoms with Gasteiger partial charge >= 0.3 is 6.09 Å². The van der Waals surface area contributed by atoms with Crippen molar-refractivity contribution >= 4 is 6.09 Å². The van der Waals surface area contributed by atoms with Crippen LogP contribution in [0, 0.1) is 0 Å². The minimum atomic E-state index is -0.267. The molecule has 0 N–H and O–H groups in total. The Morgan fingerprint density at radius 3 is 2.78 bits per heavy atom. The van der Waals surface area contributed by atoms with E-state index >= 15 is 0 Å². The summed E-state index contributed by atoms with van der Waals surface area (Å²) >= 11 is 0. The molecule has 3 aliphatic heterocycles. The SMILES string of the molecule is O=C1OCC2(Cc3ccccc3)CN(Cc3ccc4c(c3)CCO4)CCN12. The lowest BCUT2D eigenvalue weighted by Gasteiger charge is -2.45. The molecule has 3 heterocycles. The van der Waals surface area contributed by atoms with Gasteiger partial charge in [-0.2, -0.15) is 0 Å². The van der Waals surface area contributed by atoms with E-state index in [9.17, 15) is 4.79 Å². The Morgan fingerprint density at radius 1 is 1.00 bits per heavy atom. The van der Waals surface area contributed by atoms with Gasteiger partial charge < -0.3 is 9.47 Å². The summed E-state index contributed by atoms with van der Waals surface area (Å²) in [6.07, 6.45) is 1.66. The van der Waals surface area contributed by atoms with Crippen LogP contribution in [0.15, 0.2) is 48.5 Å². The molecular formula is C22H24N2O3. The van der Waals surface area contributed by atoms with Gasteiger partial charge in [-0.15, -0.1) is 0 Å². The number of ether oxygens (including phenoxy) is 2. The zero-order valence-electron chi connectivity index (χ0n) is 15.4. The fraction of sp³-hybridized carbons (Fsp3) is 0.409. The van der Waals surface area contributed by atoms with Crippen molar-refractivity contribution in [2.45, 2.75) is 24.9 Å². The smallest absolute Gasteiger partial charge is 0.410 e. The number of rotatable bonds is 4. The molecule has 2 aromatic carbocycles. The number of benzene rings is 2. The van der Waals surface area contributed by atoms with Gasteiger partial charge in [0, 0.05) is 39.0 Å². The summed E-state index contributed by atoms with van der Waals surface area (Å²) in [5.41, 5.74) is 3.60. The van der Waals surface area contributed by atoms with Gasteiger partial charge in [0.05, 0.1) is 12.1 Å². The fourth-order valence-corrected chi connectivity index (χ4v) is 4.65. The lowest BCUT2D eigenvalue weighted by atomic mass is 9.88. The predicted molar refractivity (Wildman–Crippen MR) is 102 cm³/mol. The molecule has 1 atom stereocenters. The van der Waals surface area contributed by atoms with Gasteiger partial charge in [-0.25, -0.2) is 4.79 Å². The summed E-state index contributed by atoms with van der Waals surface area (Å²) in [5, 5.41) is 0. The summed E-state index contributed by atoms with van der Waals surface area (Å²) in [5.74, 6) is 1.03. The Kier molecular flexibility index (Phi) is 4.05. The van der Waals surface area contributed by atoms with Crippen molar-refractivity contribution in [3.8, 4) is 5.75 Å². The van der Waals surface area contributed by atoms with Crippen LogP contribution in [0.25, 0.3) is 0 Å². The molecule has 5 rings (SSSR count). The largest absolute Gasteiger partial charge is 0.493 e. The van der Waals surface area contributed by atoms with Crippen molar-refractivity contribution in [2.24, 2.45) is 0 Å². The lowest BCUT2D eigenvalue weighted by Crippen LogP contribution is -2.62. The van der Waals surface area contributed by atoms with Crippen molar-refractivity contribution in [1.29, 1.82) is 0 Å². The topological polar surface area (TPSA) is 42.0 Å². The Bertz CT molecular complexity index is 854. The van der Waals surface area contributed by atoms with Crippen molar-refractivity contribution < 1.29 is 14.3 Å². The maximum absolute atomic E-state index is 12.3. The summed E-state index contributed by atoms with van der Waals surface area (Å²) in [6.45, 7) is 4.58. The fourth-order valence-electron chi connectivity index (χ4n) is 4.65. The van der Waals surface area contributed by atoms with E-state index in [1.165, 1.54) is 16.7 Å². The van der Waals surface area contributed by atoms with Crippen LogP contribution in [0.2, 0.25) is 0 Å². The van der Waals surface area contributed by atoms with Gasteiger partial charge in [-0.05, 0) is 22.8 Å². The molecule has 2 fully saturated rings. The first-order valence-corrected chi connectivity index (χ1v) is 9.67. The summed E-state index contributed by atoms with van der Waals surface area (Å²) in [6, 6.07) is 16.9. The number of hydrogen-bond donors (Lipinski definition) is 0. The first-order chi connectivity index (χ1) is 13.2. The molecule has 0 bridgehead atoms. The van der Waals surface area contributed by atoms with Gasteiger partial charge in [0.15, 0.2) is 0 Å². The molecule has 5 heteroatoms. The van der Waals surface area contributed by atoms with E-state index in [0.717, 1.165) is 51.4 Å². The average Bonchev–Trinajstić information content (AvgIpc) is 3.27. The molecule has 0 aliphatic carbocycles. The Labute approximate surface area is 159 Å². The van der Waals surface area contributed by atoms with Gasteiger partial charge in [0.25, 0.3) is 0 Å². The number of piperazine rings is 1. The number of cyclic esters (lactones) is 1. The summed E-state index contributed by atoms with van der Waals surface area (Å²) < 4.78 is 11.1. The van der Waals surface area contributed by atoms with Crippen LogP contribution in [0.4, 0.5) is 4.79 Å². The highest BCUT2D eigenvalue weighted by molar-refractivity contribution is 5.71. The maximum Gasteiger partial charge on any atom is 0.410 e. The van der Waals surface area contributed by atoms with Crippen LogP contribution in [-0.2, 0) is 24.1 Å². The molecular weight excluding hydrogens is 340 g/mol. The summed E-state index contributed by atoms with van der Waals surface area (Å²) in [7, 11) is 0. The van der Waals surface area contributed by atoms with E-state index < -0.39 is 0 Å². The van der Waals surface area contributed by atoms with Crippen LogP contribution in [0.1, 0.15) is 16.7 Å². The highest BCUT2D eigenvalue weighted by atomic mass is 16.6. The molecule has 27 heavy (non-hydrogen) atoms. The Morgan fingerprint density at radius 2 is 1.89 bits per heavy atom. The Hall–Kier alpha value is -2.53. The molecule has 0 saturated carbocycles. The third-order valence-electron chi connectivity index (χ3n) is 5.95. The summed E-state index contributed by atoms with van der Waals surface area (Å²) in [4.78, 5) is 16.7. The first-order valence-electron chi connectivity index (χ1n) is 9.67. The zero-order valence-corrected chi connectivity index (χ0v) is 15.4. The van der Waals surface area contributed by atoms with E-state index in [-0.39, 0.29) is 11.6 Å². The van der Waals surface area contributed by atoms with E-state index in [2.05, 4.69) is 47.4 Å². The van der Waals surface area contributed by atoms with Crippen molar-refractivity contribution in [1.82, 2.24) is 9.80 Å². The molecule has 0 spiro atoms. The number of carbonyl (C=O) groups is 1. The lowest BCUT2D eigenvalue weighted by molar-refractivity contribution is 0.0476. The minimum Gasteiger partial charge on any atom is -0.493 e. The number of nitrogens with zero attached hydrogens (tertiary/aromatic N) is 2. The molecule has 2 aromatic rings. The van der Waals surface area contributed by atoms with E-state index in [1.807, 2.05) is 11.0 Å². The van der Waals surface area contributed by atoms with Crippen LogP contribution in [-0.4, -0.2) is 54.3 Å². The van der Waals surface area contributed by atoms with E-state index in [0.29, 0.717) is 6.61 Å². The predicted octanol–water partition coefficient (Wildman–Crippen LogP) is 2.87. The molecule has 3 aliphatic rings. The second-order valence-electron chi connectivity index (χ2n) is 7.84. The van der Waals surface area contributed by atoms with Crippen molar-refractivity contribution in [3.05, 3.63) is 65.2 Å². The Balaban J connectivity index is 1.36. The molecule has 2 saturated heterocycles. The maximum atomic E-state index is 12.3. The van der Waals surface area contributed by atoms with Crippen LogP contribution >= 0.6 is 0 Å². The standard InChI is InChI=1S/C22H24N2O3/c25-21-24-10-9-23(14-18-6-7-20-19(12-18)8-11-26-20)15-22(24,16-27-21)13-17-4-2-1-3-5-17/h1-7,12H,8-11,13-16H2. The van der Waals surface area contributed by atoms with Crippen molar-refractivity contribution in [3.63, 3.8) is 0 Å². The van der Waals surface area contributed by atoms with E-state index in [4.69, 9.17) is 9.47 Å². The quantitative estimate of drug-likeness (QED) is 0.837. The van der Waals surface area contributed by atoms with Crippen LogP contribution < -0.4 is 4.74 Å². The van der Waals surface area contributed by atoms with Crippen molar-refractivity contribution in [2.75, 3.05) is 32.8 Å². The minimum absolute atomic E-state index is 0.166. The number of amides is 1. The highest BCUT2D eigenvalue weighted by Gasteiger charge is 2.50. The third kappa shape index (κ3) is 3.06.